The summed E-state index contributed by atoms with van der Waals surface area (Å²) in [5.41, 5.74) is 2.35. The molecule has 1 spiro atoms. The number of anilines is 1. The van der Waals surface area contributed by atoms with E-state index in [0.717, 1.165) is 36.9 Å². The molecule has 3 aromatic rings. The number of fused-ring (bicyclic) bond motifs is 2. The average Bonchev–Trinajstić information content (AvgIpc) is 3.69. The minimum absolute atomic E-state index is 0.0215. The van der Waals surface area contributed by atoms with Crippen LogP contribution in [0.5, 0.6) is 11.5 Å². The number of benzene rings is 2. The maximum atomic E-state index is 12.9. The van der Waals surface area contributed by atoms with Crippen LogP contribution in [0.2, 0.25) is 0 Å². The van der Waals surface area contributed by atoms with Crippen molar-refractivity contribution in [2.45, 2.75) is 50.0 Å². The zero-order valence-corrected chi connectivity index (χ0v) is 17.4. The lowest BCUT2D eigenvalue weighted by Crippen LogP contribution is -2.18. The Labute approximate surface area is 186 Å². The standard InChI is InChI=1S/C24H19F3N2O4/c25-24(26,27)32-19-4-2-1-3-15(19)20-16(21(33-29-20)13-5-6-13)12-31-14-7-8-18-17(11-14)23(9-10-23)22(30)28-18/h1-4,7-8,11,13H,5-6,9-10,12H2,(H,28,30). The van der Waals surface area contributed by atoms with E-state index < -0.39 is 11.8 Å². The summed E-state index contributed by atoms with van der Waals surface area (Å²) in [7, 11) is 0. The Kier molecular flexibility index (Phi) is 4.27. The van der Waals surface area contributed by atoms with Gasteiger partial charge in [-0.1, -0.05) is 17.3 Å². The van der Waals surface area contributed by atoms with E-state index in [-0.39, 0.29) is 35.4 Å². The highest BCUT2D eigenvalue weighted by Crippen LogP contribution is 2.55. The van der Waals surface area contributed by atoms with Crippen LogP contribution in [0.1, 0.15) is 48.5 Å². The largest absolute Gasteiger partial charge is 0.573 e. The van der Waals surface area contributed by atoms with Crippen LogP contribution in [0.15, 0.2) is 47.0 Å². The van der Waals surface area contributed by atoms with Gasteiger partial charge in [0.15, 0.2) is 0 Å². The van der Waals surface area contributed by atoms with Gasteiger partial charge in [-0.3, -0.25) is 4.79 Å². The number of alkyl halides is 3. The SMILES string of the molecule is O=C1Nc2ccc(OCc3c(-c4ccccc4OC(F)(F)F)noc3C3CC3)cc2C12CC2. The Morgan fingerprint density at radius 2 is 1.94 bits per heavy atom. The number of rotatable bonds is 6. The molecule has 0 unspecified atom stereocenters. The van der Waals surface area contributed by atoms with Crippen molar-refractivity contribution in [1.82, 2.24) is 5.16 Å². The van der Waals surface area contributed by atoms with Gasteiger partial charge in [0.05, 0.1) is 11.0 Å². The van der Waals surface area contributed by atoms with Gasteiger partial charge >= 0.3 is 6.36 Å². The Morgan fingerprint density at radius 3 is 2.67 bits per heavy atom. The fourth-order valence-electron chi connectivity index (χ4n) is 4.47. The summed E-state index contributed by atoms with van der Waals surface area (Å²) in [4.78, 5) is 12.3. The molecule has 6 rings (SSSR count). The number of amides is 1. The lowest BCUT2D eigenvalue weighted by atomic mass is 9.98. The third-order valence-electron chi connectivity index (χ3n) is 6.46. The van der Waals surface area contributed by atoms with Crippen LogP contribution >= 0.6 is 0 Å². The smallest absolute Gasteiger partial charge is 0.489 e. The lowest BCUT2D eigenvalue weighted by Gasteiger charge is -2.13. The van der Waals surface area contributed by atoms with Gasteiger partial charge < -0.3 is 19.3 Å². The molecule has 0 bridgehead atoms. The zero-order valence-electron chi connectivity index (χ0n) is 17.4. The van der Waals surface area contributed by atoms with Crippen LogP contribution < -0.4 is 14.8 Å². The van der Waals surface area contributed by atoms with E-state index >= 15 is 0 Å². The molecule has 6 nitrogen and oxygen atoms in total. The number of hydrogen-bond acceptors (Lipinski definition) is 5. The van der Waals surface area contributed by atoms with Crippen molar-refractivity contribution in [1.29, 1.82) is 0 Å². The molecule has 0 atom stereocenters. The number of aromatic nitrogens is 1. The number of nitrogens with one attached hydrogen (secondary N) is 1. The Hall–Kier alpha value is -3.49. The predicted octanol–water partition coefficient (Wildman–Crippen LogP) is 5.68. The summed E-state index contributed by atoms with van der Waals surface area (Å²) in [5, 5.41) is 7.00. The van der Waals surface area contributed by atoms with E-state index in [9.17, 15) is 18.0 Å². The van der Waals surface area contributed by atoms with Crippen LogP contribution in [0.25, 0.3) is 11.3 Å². The predicted molar refractivity (Wildman–Crippen MR) is 111 cm³/mol. The molecule has 2 aliphatic carbocycles. The summed E-state index contributed by atoms with van der Waals surface area (Å²) >= 11 is 0. The van der Waals surface area contributed by atoms with Crippen molar-refractivity contribution in [3.05, 3.63) is 59.4 Å². The lowest BCUT2D eigenvalue weighted by molar-refractivity contribution is -0.274. The summed E-state index contributed by atoms with van der Waals surface area (Å²) in [6.45, 7) is 0.0676. The number of carbonyl (C=O) groups excluding carboxylic acids is 1. The highest BCUT2D eigenvalue weighted by atomic mass is 19.4. The summed E-state index contributed by atoms with van der Waals surface area (Å²) in [6.07, 6.45) is -1.35. The molecule has 9 heteroatoms. The molecule has 1 N–H and O–H groups in total. The number of nitrogens with zero attached hydrogens (tertiary/aromatic N) is 1. The van der Waals surface area contributed by atoms with Crippen molar-refractivity contribution in [2.75, 3.05) is 5.32 Å². The minimum atomic E-state index is -4.83. The van der Waals surface area contributed by atoms with Gasteiger partial charge in [0.2, 0.25) is 5.91 Å². The van der Waals surface area contributed by atoms with Gasteiger partial charge in [0.25, 0.3) is 0 Å². The summed E-state index contributed by atoms with van der Waals surface area (Å²) in [5.74, 6) is 1.05. The molecule has 2 heterocycles. The van der Waals surface area contributed by atoms with E-state index in [1.807, 2.05) is 12.1 Å². The molecule has 1 amide bonds. The molecule has 0 radical (unpaired) electrons. The number of carbonyl (C=O) groups is 1. The molecule has 2 saturated carbocycles. The Bertz CT molecular complexity index is 1260. The maximum absolute atomic E-state index is 12.9. The van der Waals surface area contributed by atoms with E-state index in [2.05, 4.69) is 15.2 Å². The van der Waals surface area contributed by atoms with Gasteiger partial charge in [-0.05, 0) is 61.6 Å². The normalized spacial score (nSPS) is 18.2. The second kappa shape index (κ2) is 7.00. The monoisotopic (exact) mass is 456 g/mol. The molecule has 33 heavy (non-hydrogen) atoms. The first-order valence-electron chi connectivity index (χ1n) is 10.8. The first-order valence-corrected chi connectivity index (χ1v) is 10.8. The molecule has 2 fully saturated rings. The zero-order chi connectivity index (χ0) is 22.8. The van der Waals surface area contributed by atoms with E-state index in [1.165, 1.54) is 18.2 Å². The highest BCUT2D eigenvalue weighted by molar-refractivity contribution is 6.08. The molecule has 1 aliphatic heterocycles. The van der Waals surface area contributed by atoms with Crippen molar-refractivity contribution in [2.24, 2.45) is 0 Å². The molecule has 170 valence electrons. The summed E-state index contributed by atoms with van der Waals surface area (Å²) < 4.78 is 54.6. The minimum Gasteiger partial charge on any atom is -0.489 e. The van der Waals surface area contributed by atoms with E-state index in [4.69, 9.17) is 9.26 Å². The van der Waals surface area contributed by atoms with Crippen LogP contribution in [-0.2, 0) is 16.8 Å². The van der Waals surface area contributed by atoms with Crippen molar-refractivity contribution >= 4 is 11.6 Å². The number of para-hydroxylation sites is 1. The number of hydrogen-bond donors (Lipinski definition) is 1. The summed E-state index contributed by atoms with van der Waals surface area (Å²) in [6, 6.07) is 11.3. The maximum Gasteiger partial charge on any atom is 0.573 e. The molecule has 0 saturated heterocycles. The van der Waals surface area contributed by atoms with Gasteiger partial charge in [-0.2, -0.15) is 0 Å². The van der Waals surface area contributed by atoms with Crippen molar-refractivity contribution in [3.63, 3.8) is 0 Å². The third-order valence-corrected chi connectivity index (χ3v) is 6.46. The Morgan fingerprint density at radius 1 is 1.15 bits per heavy atom. The van der Waals surface area contributed by atoms with Crippen molar-refractivity contribution in [3.8, 4) is 22.8 Å². The van der Waals surface area contributed by atoms with Crippen LogP contribution in [0, 0.1) is 0 Å². The Balaban J connectivity index is 1.32. The van der Waals surface area contributed by atoms with Crippen LogP contribution in [0.4, 0.5) is 18.9 Å². The molecule has 2 aromatic carbocycles. The topological polar surface area (TPSA) is 73.6 Å². The van der Waals surface area contributed by atoms with Crippen LogP contribution in [0.3, 0.4) is 0 Å². The quantitative estimate of drug-likeness (QED) is 0.517. The van der Waals surface area contributed by atoms with Gasteiger partial charge in [0.1, 0.15) is 29.6 Å². The second-order valence-electron chi connectivity index (χ2n) is 8.72. The molecule has 1 aromatic heterocycles. The van der Waals surface area contributed by atoms with Gasteiger partial charge in [-0.15, -0.1) is 13.2 Å². The van der Waals surface area contributed by atoms with E-state index in [1.54, 1.807) is 12.1 Å². The first kappa shape index (κ1) is 20.1. The van der Waals surface area contributed by atoms with Crippen LogP contribution in [-0.4, -0.2) is 17.4 Å². The molecule has 3 aliphatic rings. The number of halogens is 3. The molecular formula is C24H19F3N2O4. The molecular weight excluding hydrogens is 437 g/mol. The highest BCUT2D eigenvalue weighted by Gasteiger charge is 2.56. The fraction of sp³-hybridized carbons (Fsp3) is 0.333. The third kappa shape index (κ3) is 3.51. The first-order chi connectivity index (χ1) is 15.8. The van der Waals surface area contributed by atoms with Gasteiger partial charge in [-0.25, -0.2) is 0 Å². The number of ether oxygens (including phenoxy) is 2. The van der Waals surface area contributed by atoms with E-state index in [0.29, 0.717) is 17.1 Å². The van der Waals surface area contributed by atoms with Crippen molar-refractivity contribution < 1.29 is 32.0 Å². The fourth-order valence-corrected chi connectivity index (χ4v) is 4.47. The average molecular weight is 456 g/mol. The second-order valence-corrected chi connectivity index (χ2v) is 8.72. The van der Waals surface area contributed by atoms with Gasteiger partial charge in [0, 0.05) is 17.2 Å².